The van der Waals surface area contributed by atoms with Crippen molar-refractivity contribution in [3.63, 3.8) is 0 Å². The molecule has 0 bridgehead atoms. The number of pyridine rings is 1. The number of carbonyl (C=O) groups is 2. The zero-order valence-corrected chi connectivity index (χ0v) is 18.9. The van der Waals surface area contributed by atoms with Crippen molar-refractivity contribution in [2.75, 3.05) is 6.61 Å². The zero-order valence-electron chi connectivity index (χ0n) is 18.1. The Kier molecular flexibility index (Phi) is 6.95. The Bertz CT molecular complexity index is 1270. The number of hydrogen-bond acceptors (Lipinski definition) is 7. The van der Waals surface area contributed by atoms with Crippen molar-refractivity contribution in [2.45, 2.75) is 26.2 Å². The van der Waals surface area contributed by atoms with Crippen LogP contribution in [0.4, 0.5) is 0 Å². The first-order valence-corrected chi connectivity index (χ1v) is 11.4. The first-order valence-electron chi connectivity index (χ1n) is 10.6. The van der Waals surface area contributed by atoms with Crippen LogP contribution in [-0.4, -0.2) is 28.3 Å². The van der Waals surface area contributed by atoms with Gasteiger partial charge in [-0.05, 0) is 36.2 Å². The Morgan fingerprint density at radius 3 is 2.52 bits per heavy atom. The number of nitrogens with zero attached hydrogens (tertiary/aromatic N) is 2. The quantitative estimate of drug-likeness (QED) is 0.366. The SMILES string of the molecule is CCCOc1cc2nccc(Oc3ccc(CC(=O)Cc4nccs4)cc3)c2cc1C(N)=O. The molecule has 1 amide bonds. The highest BCUT2D eigenvalue weighted by atomic mass is 32.1. The highest BCUT2D eigenvalue weighted by Crippen LogP contribution is 2.33. The topological polar surface area (TPSA) is 104 Å². The van der Waals surface area contributed by atoms with E-state index in [1.54, 1.807) is 30.6 Å². The van der Waals surface area contributed by atoms with Crippen LogP contribution < -0.4 is 15.2 Å². The number of ether oxygens (including phenoxy) is 2. The number of aromatic nitrogens is 2. The van der Waals surface area contributed by atoms with E-state index >= 15 is 0 Å². The van der Waals surface area contributed by atoms with Crippen molar-refractivity contribution >= 4 is 33.9 Å². The normalized spacial score (nSPS) is 10.8. The Labute approximate surface area is 195 Å². The fourth-order valence-corrected chi connectivity index (χ4v) is 4.01. The molecule has 2 aromatic heterocycles. The van der Waals surface area contributed by atoms with Crippen molar-refractivity contribution in [3.8, 4) is 17.2 Å². The van der Waals surface area contributed by atoms with Crippen LogP contribution in [0.2, 0.25) is 0 Å². The number of hydrogen-bond donors (Lipinski definition) is 1. The fourth-order valence-electron chi connectivity index (χ4n) is 3.36. The second-order valence-corrected chi connectivity index (χ2v) is 8.43. The summed E-state index contributed by atoms with van der Waals surface area (Å²) in [7, 11) is 0. The van der Waals surface area contributed by atoms with Gasteiger partial charge in [0.15, 0.2) is 0 Å². The highest BCUT2D eigenvalue weighted by Gasteiger charge is 2.15. The Balaban J connectivity index is 1.52. The van der Waals surface area contributed by atoms with Crippen LogP contribution in [0.1, 0.15) is 34.3 Å². The number of thiazole rings is 1. The first-order chi connectivity index (χ1) is 16.0. The molecular weight excluding hydrogens is 438 g/mol. The number of carbonyl (C=O) groups excluding carboxylic acids is 2. The minimum absolute atomic E-state index is 0.110. The van der Waals surface area contributed by atoms with Crippen LogP contribution in [0.15, 0.2) is 60.2 Å². The highest BCUT2D eigenvalue weighted by molar-refractivity contribution is 7.09. The van der Waals surface area contributed by atoms with E-state index in [9.17, 15) is 9.59 Å². The molecule has 4 rings (SSSR count). The van der Waals surface area contributed by atoms with Gasteiger partial charge in [-0.25, -0.2) is 4.98 Å². The van der Waals surface area contributed by atoms with Gasteiger partial charge < -0.3 is 15.2 Å². The average Bonchev–Trinajstić information content (AvgIpc) is 3.31. The lowest BCUT2D eigenvalue weighted by atomic mass is 10.1. The van der Waals surface area contributed by atoms with E-state index < -0.39 is 5.91 Å². The zero-order chi connectivity index (χ0) is 23.2. The van der Waals surface area contributed by atoms with Gasteiger partial charge in [0.25, 0.3) is 5.91 Å². The second kappa shape index (κ2) is 10.2. The molecule has 7 nitrogen and oxygen atoms in total. The van der Waals surface area contributed by atoms with E-state index in [0.29, 0.717) is 47.6 Å². The number of ketones is 1. The number of fused-ring (bicyclic) bond motifs is 1. The largest absolute Gasteiger partial charge is 0.493 e. The minimum Gasteiger partial charge on any atom is -0.493 e. The molecule has 0 radical (unpaired) electrons. The van der Waals surface area contributed by atoms with Gasteiger partial charge in [0.05, 0.1) is 29.1 Å². The molecule has 0 saturated heterocycles. The Hall–Kier alpha value is -3.78. The Morgan fingerprint density at radius 2 is 1.82 bits per heavy atom. The lowest BCUT2D eigenvalue weighted by Gasteiger charge is -2.13. The van der Waals surface area contributed by atoms with Gasteiger partial charge in [-0.15, -0.1) is 11.3 Å². The third kappa shape index (κ3) is 5.53. The molecule has 2 N–H and O–H groups in total. The standard InChI is InChI=1S/C25H23N3O4S/c1-2-10-31-23-15-21-19(14-20(23)25(26)30)22(7-8-27-21)32-18-5-3-16(4-6-18)12-17(29)13-24-28-9-11-33-24/h3-9,11,14-15H,2,10,12-13H2,1H3,(H2,26,30). The van der Waals surface area contributed by atoms with Crippen molar-refractivity contribution in [2.24, 2.45) is 5.73 Å². The Morgan fingerprint density at radius 1 is 1.00 bits per heavy atom. The van der Waals surface area contributed by atoms with Gasteiger partial charge in [0.1, 0.15) is 23.0 Å². The molecule has 0 aliphatic heterocycles. The predicted molar refractivity (Wildman–Crippen MR) is 127 cm³/mol. The number of rotatable bonds is 10. The van der Waals surface area contributed by atoms with Crippen LogP contribution in [0.3, 0.4) is 0 Å². The molecule has 2 heterocycles. The summed E-state index contributed by atoms with van der Waals surface area (Å²) in [6.45, 7) is 2.46. The van der Waals surface area contributed by atoms with Crippen LogP contribution in [-0.2, 0) is 17.6 Å². The van der Waals surface area contributed by atoms with E-state index in [2.05, 4.69) is 9.97 Å². The summed E-state index contributed by atoms with van der Waals surface area (Å²) >= 11 is 1.48. The average molecular weight is 462 g/mol. The van der Waals surface area contributed by atoms with Crippen LogP contribution in [0.5, 0.6) is 17.2 Å². The maximum absolute atomic E-state index is 12.3. The molecule has 0 spiro atoms. The third-order valence-corrected chi connectivity index (χ3v) is 5.69. The number of primary amides is 1. The van der Waals surface area contributed by atoms with Crippen LogP contribution in [0.25, 0.3) is 10.9 Å². The molecule has 2 aromatic carbocycles. The summed E-state index contributed by atoms with van der Waals surface area (Å²) < 4.78 is 11.7. The van der Waals surface area contributed by atoms with E-state index in [0.717, 1.165) is 17.0 Å². The predicted octanol–water partition coefficient (Wildman–Crippen LogP) is 4.73. The maximum atomic E-state index is 12.3. The summed E-state index contributed by atoms with van der Waals surface area (Å²) in [6.07, 6.45) is 4.81. The molecule has 0 aliphatic carbocycles. The fraction of sp³-hybridized carbons (Fsp3) is 0.200. The summed E-state index contributed by atoms with van der Waals surface area (Å²) in [6, 6.07) is 12.4. The van der Waals surface area contributed by atoms with E-state index in [1.807, 2.05) is 36.6 Å². The summed E-state index contributed by atoms with van der Waals surface area (Å²) in [5.41, 5.74) is 7.38. The van der Waals surface area contributed by atoms with Gasteiger partial charge in [-0.1, -0.05) is 19.1 Å². The van der Waals surface area contributed by atoms with Gasteiger partial charge in [0, 0.05) is 35.6 Å². The molecule has 0 unspecified atom stereocenters. The first kappa shape index (κ1) is 22.4. The lowest BCUT2D eigenvalue weighted by Crippen LogP contribution is -2.13. The molecule has 8 heteroatoms. The van der Waals surface area contributed by atoms with Crippen LogP contribution in [0, 0.1) is 0 Å². The third-order valence-electron chi connectivity index (χ3n) is 4.91. The summed E-state index contributed by atoms with van der Waals surface area (Å²) in [5.74, 6) is 1.08. The summed E-state index contributed by atoms with van der Waals surface area (Å²) in [5, 5.41) is 3.34. The van der Waals surface area contributed by atoms with Crippen molar-refractivity contribution in [3.05, 3.63) is 76.4 Å². The molecule has 33 heavy (non-hydrogen) atoms. The minimum atomic E-state index is -0.579. The van der Waals surface area contributed by atoms with Crippen LogP contribution >= 0.6 is 11.3 Å². The van der Waals surface area contributed by atoms with Gasteiger partial charge in [0.2, 0.25) is 0 Å². The molecule has 0 aliphatic rings. The van der Waals surface area contributed by atoms with Gasteiger partial charge >= 0.3 is 0 Å². The maximum Gasteiger partial charge on any atom is 0.252 e. The van der Waals surface area contributed by atoms with Crippen molar-refractivity contribution in [1.82, 2.24) is 9.97 Å². The molecule has 168 valence electrons. The molecular formula is C25H23N3O4S. The molecule has 4 aromatic rings. The smallest absolute Gasteiger partial charge is 0.252 e. The lowest BCUT2D eigenvalue weighted by molar-refractivity contribution is -0.117. The molecule has 0 saturated carbocycles. The molecule has 0 fully saturated rings. The van der Waals surface area contributed by atoms with E-state index in [4.69, 9.17) is 15.2 Å². The number of amides is 1. The number of benzene rings is 2. The van der Waals surface area contributed by atoms with Gasteiger partial charge in [-0.2, -0.15) is 0 Å². The molecule has 0 atom stereocenters. The monoisotopic (exact) mass is 461 g/mol. The number of Topliss-reactive ketones (excluding diaryl/α,β-unsaturated/α-hetero) is 1. The summed E-state index contributed by atoms with van der Waals surface area (Å²) in [4.78, 5) is 32.8. The van der Waals surface area contributed by atoms with E-state index in [-0.39, 0.29) is 11.3 Å². The van der Waals surface area contributed by atoms with E-state index in [1.165, 1.54) is 11.3 Å². The van der Waals surface area contributed by atoms with Gasteiger partial charge in [-0.3, -0.25) is 14.6 Å². The van der Waals surface area contributed by atoms with Crippen molar-refractivity contribution < 1.29 is 19.1 Å². The van der Waals surface area contributed by atoms with Crippen molar-refractivity contribution in [1.29, 1.82) is 0 Å². The second-order valence-electron chi connectivity index (χ2n) is 7.45. The number of nitrogens with two attached hydrogens (primary N) is 1.